The molecular formula is C20H18FN3O4. The fourth-order valence-electron chi connectivity index (χ4n) is 2.56. The number of Topliss-reactive ketones (excluding diaryl/α,β-unsaturated/α-hetero) is 1. The number of ether oxygens (including phenoxy) is 1. The number of nitrogens with zero attached hydrogens (tertiary/aromatic N) is 3. The highest BCUT2D eigenvalue weighted by Gasteiger charge is 2.29. The number of rotatable bonds is 5. The van der Waals surface area contributed by atoms with Crippen molar-refractivity contribution in [3.05, 3.63) is 71.7 Å². The van der Waals surface area contributed by atoms with Gasteiger partial charge in [0.2, 0.25) is 0 Å². The van der Waals surface area contributed by atoms with E-state index in [0.717, 1.165) is 12.1 Å². The molecule has 0 saturated carbocycles. The zero-order valence-corrected chi connectivity index (χ0v) is 14.9. The monoisotopic (exact) mass is 383 g/mol. The smallest absolute Gasteiger partial charge is 0.297 e. The average Bonchev–Trinajstić information content (AvgIpc) is 2.75. The van der Waals surface area contributed by atoms with Gasteiger partial charge < -0.3 is 14.7 Å². The number of aliphatic hydroxyl groups excluding tert-OH is 1. The van der Waals surface area contributed by atoms with Gasteiger partial charge >= 0.3 is 0 Å². The molecule has 0 spiro atoms. The maximum atomic E-state index is 13.2. The van der Waals surface area contributed by atoms with Gasteiger partial charge in [-0.05, 0) is 36.4 Å². The Kier molecular flexibility index (Phi) is 6.23. The normalized spacial score (nSPS) is 15.4. The summed E-state index contributed by atoms with van der Waals surface area (Å²) in [6, 6.07) is 13.4. The quantitative estimate of drug-likeness (QED) is 0.371. The zero-order valence-electron chi connectivity index (χ0n) is 14.9. The van der Waals surface area contributed by atoms with E-state index in [1.54, 1.807) is 30.3 Å². The Morgan fingerprint density at radius 3 is 2.29 bits per heavy atom. The maximum absolute atomic E-state index is 13.2. The molecule has 2 aromatic rings. The van der Waals surface area contributed by atoms with Crippen LogP contribution in [0.2, 0.25) is 0 Å². The molecule has 1 saturated heterocycles. The second kappa shape index (κ2) is 9.01. The molecule has 144 valence electrons. The number of halogens is 1. The Morgan fingerprint density at radius 2 is 1.64 bits per heavy atom. The summed E-state index contributed by atoms with van der Waals surface area (Å²) in [5.74, 6) is -2.85. The van der Waals surface area contributed by atoms with Crippen molar-refractivity contribution in [1.29, 1.82) is 0 Å². The number of carbonyl (C=O) groups is 2. The highest BCUT2D eigenvalue weighted by Crippen LogP contribution is 2.22. The topological polar surface area (TPSA) is 91.6 Å². The van der Waals surface area contributed by atoms with Crippen molar-refractivity contribution in [3.63, 3.8) is 0 Å². The molecule has 2 aromatic carbocycles. The molecule has 3 rings (SSSR count). The molecule has 1 aliphatic rings. The second-order valence-electron chi connectivity index (χ2n) is 5.97. The molecule has 0 bridgehead atoms. The van der Waals surface area contributed by atoms with Gasteiger partial charge in [0.15, 0.2) is 11.5 Å². The van der Waals surface area contributed by atoms with Crippen LogP contribution < -0.4 is 0 Å². The predicted molar refractivity (Wildman–Crippen MR) is 99.3 cm³/mol. The van der Waals surface area contributed by atoms with Crippen molar-refractivity contribution in [2.45, 2.75) is 0 Å². The fourth-order valence-corrected chi connectivity index (χ4v) is 2.56. The molecule has 1 amide bonds. The summed E-state index contributed by atoms with van der Waals surface area (Å²) in [6.45, 7) is 1.19. The van der Waals surface area contributed by atoms with Gasteiger partial charge in [-0.15, -0.1) is 5.11 Å². The van der Waals surface area contributed by atoms with E-state index < -0.39 is 29.0 Å². The number of hydrogen-bond donors (Lipinski definition) is 1. The largest absolute Gasteiger partial charge is 0.505 e. The van der Waals surface area contributed by atoms with Crippen LogP contribution >= 0.6 is 0 Å². The SMILES string of the molecule is O=C(C(=O)N1CCOCC1)/C(N=Nc1ccccc1)=C(/O)c1ccc(F)cc1. The minimum Gasteiger partial charge on any atom is -0.505 e. The Hall–Kier alpha value is -3.39. The van der Waals surface area contributed by atoms with Crippen molar-refractivity contribution in [2.75, 3.05) is 26.3 Å². The molecule has 1 heterocycles. The summed E-state index contributed by atoms with van der Waals surface area (Å²) in [6.07, 6.45) is 0. The van der Waals surface area contributed by atoms with Crippen LogP contribution in [0.3, 0.4) is 0 Å². The van der Waals surface area contributed by atoms with Crippen molar-refractivity contribution in [2.24, 2.45) is 10.2 Å². The lowest BCUT2D eigenvalue weighted by Crippen LogP contribution is -2.44. The van der Waals surface area contributed by atoms with Crippen LogP contribution in [-0.2, 0) is 14.3 Å². The molecule has 7 nitrogen and oxygen atoms in total. The molecule has 0 atom stereocenters. The van der Waals surface area contributed by atoms with E-state index >= 15 is 0 Å². The number of morpholine rings is 1. The number of benzene rings is 2. The van der Waals surface area contributed by atoms with Gasteiger partial charge in [-0.25, -0.2) is 4.39 Å². The Labute approximate surface area is 160 Å². The Bertz CT molecular complexity index is 905. The van der Waals surface area contributed by atoms with E-state index in [1.807, 2.05) is 0 Å². The zero-order chi connectivity index (χ0) is 19.9. The van der Waals surface area contributed by atoms with Gasteiger partial charge in [0.1, 0.15) is 5.82 Å². The lowest BCUT2D eigenvalue weighted by Gasteiger charge is -2.26. The summed E-state index contributed by atoms with van der Waals surface area (Å²) >= 11 is 0. The van der Waals surface area contributed by atoms with Crippen LogP contribution in [0, 0.1) is 5.82 Å². The highest BCUT2D eigenvalue weighted by molar-refractivity contribution is 6.43. The maximum Gasteiger partial charge on any atom is 0.297 e. The van der Waals surface area contributed by atoms with E-state index in [-0.39, 0.29) is 18.7 Å². The first kappa shape index (κ1) is 19.4. The standard InChI is InChI=1S/C20H18FN3O4/c21-15-8-6-14(7-9-15)18(25)17(23-22-16-4-2-1-3-5-16)19(26)20(27)24-10-12-28-13-11-24/h1-9,25H,10-13H2/b18-17-,23-22?. The fraction of sp³-hybridized carbons (Fsp3) is 0.200. The molecule has 0 aliphatic carbocycles. The van der Waals surface area contributed by atoms with E-state index in [0.29, 0.717) is 18.9 Å². The van der Waals surface area contributed by atoms with Gasteiger partial charge in [-0.3, -0.25) is 9.59 Å². The van der Waals surface area contributed by atoms with E-state index in [1.165, 1.54) is 17.0 Å². The van der Waals surface area contributed by atoms with Gasteiger partial charge in [0.05, 0.1) is 18.9 Å². The number of amides is 1. The van der Waals surface area contributed by atoms with Crippen LogP contribution in [-0.4, -0.2) is 48.0 Å². The molecule has 28 heavy (non-hydrogen) atoms. The summed E-state index contributed by atoms with van der Waals surface area (Å²) in [5.41, 5.74) is 0.0806. The summed E-state index contributed by atoms with van der Waals surface area (Å²) in [4.78, 5) is 26.7. The molecule has 0 unspecified atom stereocenters. The van der Waals surface area contributed by atoms with Crippen LogP contribution in [0.15, 0.2) is 70.5 Å². The van der Waals surface area contributed by atoms with E-state index in [9.17, 15) is 19.1 Å². The van der Waals surface area contributed by atoms with Gasteiger partial charge in [0, 0.05) is 18.7 Å². The van der Waals surface area contributed by atoms with Crippen molar-refractivity contribution >= 4 is 23.1 Å². The van der Waals surface area contributed by atoms with Crippen LogP contribution in [0.4, 0.5) is 10.1 Å². The molecule has 8 heteroatoms. The first-order valence-electron chi connectivity index (χ1n) is 8.63. The van der Waals surface area contributed by atoms with Crippen LogP contribution in [0.1, 0.15) is 5.56 Å². The third kappa shape index (κ3) is 4.66. The molecule has 0 radical (unpaired) electrons. The van der Waals surface area contributed by atoms with Gasteiger partial charge in [-0.2, -0.15) is 5.11 Å². The Balaban J connectivity index is 1.96. The summed E-state index contributed by atoms with van der Waals surface area (Å²) in [7, 11) is 0. The van der Waals surface area contributed by atoms with Crippen molar-refractivity contribution in [1.82, 2.24) is 4.90 Å². The predicted octanol–water partition coefficient (Wildman–Crippen LogP) is 3.26. The highest BCUT2D eigenvalue weighted by atomic mass is 19.1. The third-order valence-corrected chi connectivity index (χ3v) is 4.07. The average molecular weight is 383 g/mol. The van der Waals surface area contributed by atoms with Crippen LogP contribution in [0.25, 0.3) is 5.76 Å². The molecule has 0 aromatic heterocycles. The number of carbonyl (C=O) groups excluding carboxylic acids is 2. The summed E-state index contributed by atoms with van der Waals surface area (Å²) in [5, 5.41) is 18.3. The third-order valence-electron chi connectivity index (χ3n) is 4.07. The number of hydrogen-bond acceptors (Lipinski definition) is 6. The molecule has 1 N–H and O–H groups in total. The second-order valence-corrected chi connectivity index (χ2v) is 5.97. The number of azo groups is 1. The first-order chi connectivity index (χ1) is 13.6. The number of aliphatic hydroxyl groups is 1. The first-order valence-corrected chi connectivity index (χ1v) is 8.63. The number of ketones is 1. The molecule has 1 aliphatic heterocycles. The summed E-state index contributed by atoms with van der Waals surface area (Å²) < 4.78 is 18.4. The van der Waals surface area contributed by atoms with Crippen molar-refractivity contribution in [3.8, 4) is 0 Å². The lowest BCUT2D eigenvalue weighted by atomic mass is 10.1. The van der Waals surface area contributed by atoms with Gasteiger partial charge in [-0.1, -0.05) is 18.2 Å². The van der Waals surface area contributed by atoms with Crippen molar-refractivity contribution < 1.29 is 23.8 Å². The minimum absolute atomic E-state index is 0.145. The van der Waals surface area contributed by atoms with E-state index in [4.69, 9.17) is 4.74 Å². The lowest BCUT2D eigenvalue weighted by molar-refractivity contribution is -0.145. The van der Waals surface area contributed by atoms with Gasteiger partial charge in [0.25, 0.3) is 11.7 Å². The van der Waals surface area contributed by atoms with Crippen LogP contribution in [0.5, 0.6) is 0 Å². The minimum atomic E-state index is -0.997. The molecule has 1 fully saturated rings. The Morgan fingerprint density at radius 1 is 1.00 bits per heavy atom. The molecular weight excluding hydrogens is 365 g/mol. The van der Waals surface area contributed by atoms with E-state index in [2.05, 4.69) is 10.2 Å².